The van der Waals surface area contributed by atoms with Crippen molar-refractivity contribution < 1.29 is 0 Å². The lowest BCUT2D eigenvalue weighted by molar-refractivity contribution is 0.463. The molecule has 0 spiro atoms. The molecule has 1 aromatic rings. The van der Waals surface area contributed by atoms with Crippen LogP contribution in [-0.2, 0) is 0 Å². The van der Waals surface area contributed by atoms with Crippen molar-refractivity contribution in [3.8, 4) is 0 Å². The average molecular weight is 212 g/mol. The van der Waals surface area contributed by atoms with Crippen molar-refractivity contribution in [2.45, 2.75) is 38.1 Å². The van der Waals surface area contributed by atoms with Gasteiger partial charge >= 0.3 is 0 Å². The van der Waals surface area contributed by atoms with E-state index < -0.39 is 0 Å². The number of para-hydroxylation sites is 1. The molecule has 0 saturated heterocycles. The number of rotatable bonds is 2. The molecule has 1 aliphatic carbocycles. The molecule has 2 heteroatoms. The predicted molar refractivity (Wildman–Crippen MR) is 64.2 cm³/mol. The maximum atomic E-state index is 3.58. The Bertz CT molecular complexity index is 242. The zero-order valence-electron chi connectivity index (χ0n) is 8.41. The molecule has 2 rings (SSSR count). The summed E-state index contributed by atoms with van der Waals surface area (Å²) in [6.07, 6.45) is 6.89. The molecule has 0 unspecified atom stereocenters. The van der Waals surface area contributed by atoms with Crippen molar-refractivity contribution in [3.63, 3.8) is 0 Å². The highest BCUT2D eigenvalue weighted by Crippen LogP contribution is 2.21. The van der Waals surface area contributed by atoms with Crippen LogP contribution < -0.4 is 5.32 Å². The summed E-state index contributed by atoms with van der Waals surface area (Å²) in [4.78, 5) is 0. The van der Waals surface area contributed by atoms with Gasteiger partial charge in [0, 0.05) is 11.7 Å². The summed E-state index contributed by atoms with van der Waals surface area (Å²) in [5, 5.41) is 3.58. The van der Waals surface area contributed by atoms with E-state index in [4.69, 9.17) is 0 Å². The fraction of sp³-hybridized carbons (Fsp3) is 0.500. The number of hydrogen-bond acceptors (Lipinski definition) is 1. The van der Waals surface area contributed by atoms with Crippen molar-refractivity contribution in [2.24, 2.45) is 0 Å². The molecule has 78 valence electrons. The molecule has 0 heterocycles. The second-order valence-electron chi connectivity index (χ2n) is 3.85. The highest BCUT2D eigenvalue weighted by atomic mass is 35.5. The quantitative estimate of drug-likeness (QED) is 0.784. The maximum Gasteiger partial charge on any atom is 0.0342 e. The topological polar surface area (TPSA) is 12.0 Å². The van der Waals surface area contributed by atoms with Gasteiger partial charge in [-0.2, -0.15) is 0 Å². The van der Waals surface area contributed by atoms with Gasteiger partial charge < -0.3 is 5.32 Å². The molecule has 1 saturated carbocycles. The molecule has 0 amide bonds. The van der Waals surface area contributed by atoms with Gasteiger partial charge in [-0.25, -0.2) is 0 Å². The lowest BCUT2D eigenvalue weighted by Crippen LogP contribution is -2.21. The van der Waals surface area contributed by atoms with Gasteiger partial charge in [-0.3, -0.25) is 0 Å². The van der Waals surface area contributed by atoms with Crippen LogP contribution in [0.3, 0.4) is 0 Å². The Labute approximate surface area is 92.3 Å². The summed E-state index contributed by atoms with van der Waals surface area (Å²) in [6.45, 7) is 0. The minimum absolute atomic E-state index is 0. The Morgan fingerprint density at radius 3 is 2.21 bits per heavy atom. The predicted octanol–water partition coefficient (Wildman–Crippen LogP) is 3.85. The second kappa shape index (κ2) is 5.92. The third-order valence-corrected chi connectivity index (χ3v) is 2.75. The fourth-order valence-electron chi connectivity index (χ4n) is 2.02. The Hall–Kier alpha value is -0.690. The van der Waals surface area contributed by atoms with Crippen molar-refractivity contribution in [2.75, 3.05) is 5.32 Å². The molecule has 0 bridgehead atoms. The molecular formula is C12H18ClN. The molecule has 0 aromatic heterocycles. The molecule has 1 nitrogen and oxygen atoms in total. The van der Waals surface area contributed by atoms with Gasteiger partial charge in [-0.05, 0) is 25.0 Å². The van der Waals surface area contributed by atoms with E-state index in [1.165, 1.54) is 37.8 Å². The van der Waals surface area contributed by atoms with E-state index in [0.29, 0.717) is 0 Å². The first kappa shape index (κ1) is 11.4. The van der Waals surface area contributed by atoms with Gasteiger partial charge in [0.05, 0.1) is 0 Å². The minimum Gasteiger partial charge on any atom is -0.382 e. The first-order valence-electron chi connectivity index (χ1n) is 5.27. The van der Waals surface area contributed by atoms with Crippen molar-refractivity contribution >= 4 is 18.1 Å². The Kier molecular flexibility index (Phi) is 4.81. The van der Waals surface area contributed by atoms with Crippen LogP contribution in [0, 0.1) is 0 Å². The molecule has 1 aromatic carbocycles. The summed E-state index contributed by atoms with van der Waals surface area (Å²) in [7, 11) is 0. The lowest BCUT2D eigenvalue weighted by Gasteiger charge is -2.23. The molecule has 1 aliphatic rings. The first-order valence-corrected chi connectivity index (χ1v) is 5.27. The van der Waals surface area contributed by atoms with Crippen LogP contribution in [0.1, 0.15) is 32.1 Å². The van der Waals surface area contributed by atoms with E-state index in [9.17, 15) is 0 Å². The van der Waals surface area contributed by atoms with E-state index in [2.05, 4.69) is 35.6 Å². The van der Waals surface area contributed by atoms with Crippen LogP contribution in [0.15, 0.2) is 30.3 Å². The minimum atomic E-state index is 0. The first-order chi connectivity index (χ1) is 6.45. The van der Waals surface area contributed by atoms with Gasteiger partial charge in [0.1, 0.15) is 0 Å². The van der Waals surface area contributed by atoms with Crippen molar-refractivity contribution in [1.29, 1.82) is 0 Å². The molecular weight excluding hydrogens is 194 g/mol. The van der Waals surface area contributed by atoms with Crippen LogP contribution in [0.25, 0.3) is 0 Å². The van der Waals surface area contributed by atoms with E-state index in [-0.39, 0.29) is 12.4 Å². The summed E-state index contributed by atoms with van der Waals surface area (Å²) >= 11 is 0. The van der Waals surface area contributed by atoms with E-state index >= 15 is 0 Å². The van der Waals surface area contributed by atoms with Crippen molar-refractivity contribution in [3.05, 3.63) is 30.3 Å². The summed E-state index contributed by atoms with van der Waals surface area (Å²) < 4.78 is 0. The number of nitrogens with one attached hydrogen (secondary N) is 1. The van der Waals surface area contributed by atoms with Crippen LogP contribution in [-0.4, -0.2) is 6.04 Å². The monoisotopic (exact) mass is 211 g/mol. The third kappa shape index (κ3) is 3.22. The van der Waals surface area contributed by atoms with E-state index in [1.807, 2.05) is 0 Å². The zero-order valence-corrected chi connectivity index (χ0v) is 9.22. The third-order valence-electron chi connectivity index (χ3n) is 2.75. The highest BCUT2D eigenvalue weighted by Gasteiger charge is 2.12. The van der Waals surface area contributed by atoms with Gasteiger partial charge in [0.25, 0.3) is 0 Å². The number of benzene rings is 1. The fourth-order valence-corrected chi connectivity index (χ4v) is 2.02. The highest BCUT2D eigenvalue weighted by molar-refractivity contribution is 5.85. The molecule has 1 N–H and O–H groups in total. The summed E-state index contributed by atoms with van der Waals surface area (Å²) in [5.74, 6) is 0. The maximum absolute atomic E-state index is 3.58. The second-order valence-corrected chi connectivity index (χ2v) is 3.85. The number of halogens is 1. The van der Waals surface area contributed by atoms with Crippen LogP contribution >= 0.6 is 12.4 Å². The molecule has 0 atom stereocenters. The molecule has 1 fully saturated rings. The Morgan fingerprint density at radius 1 is 0.929 bits per heavy atom. The number of hydrogen-bond donors (Lipinski definition) is 1. The van der Waals surface area contributed by atoms with E-state index in [0.717, 1.165) is 6.04 Å². The largest absolute Gasteiger partial charge is 0.382 e. The molecule has 14 heavy (non-hydrogen) atoms. The molecule has 0 aliphatic heterocycles. The molecule has 0 radical (unpaired) electrons. The van der Waals surface area contributed by atoms with Gasteiger partial charge in [-0.1, -0.05) is 37.5 Å². The van der Waals surface area contributed by atoms with Crippen LogP contribution in [0.4, 0.5) is 5.69 Å². The standard InChI is InChI=1S/C12H17N.ClH/c1-3-7-11(8-4-1)13-12-9-5-2-6-10-12;/h1,3-4,7-8,12-13H,2,5-6,9-10H2;1H. The van der Waals surface area contributed by atoms with Gasteiger partial charge in [0.2, 0.25) is 0 Å². The van der Waals surface area contributed by atoms with Gasteiger partial charge in [0.15, 0.2) is 0 Å². The normalized spacial score (nSPS) is 17.1. The smallest absolute Gasteiger partial charge is 0.0342 e. The number of anilines is 1. The van der Waals surface area contributed by atoms with E-state index in [1.54, 1.807) is 0 Å². The Balaban J connectivity index is 0.000000980. The van der Waals surface area contributed by atoms with Crippen molar-refractivity contribution in [1.82, 2.24) is 0 Å². The summed E-state index contributed by atoms with van der Waals surface area (Å²) in [5.41, 5.74) is 1.27. The summed E-state index contributed by atoms with van der Waals surface area (Å²) in [6, 6.07) is 11.3. The van der Waals surface area contributed by atoms with Crippen LogP contribution in [0.2, 0.25) is 0 Å². The SMILES string of the molecule is Cl.c1ccc(NC2CCCCC2)cc1. The van der Waals surface area contributed by atoms with Gasteiger partial charge in [-0.15, -0.1) is 12.4 Å². The zero-order chi connectivity index (χ0) is 8.93. The lowest BCUT2D eigenvalue weighted by atomic mass is 9.95. The average Bonchev–Trinajstić information content (AvgIpc) is 2.21. The van der Waals surface area contributed by atoms with Crippen LogP contribution in [0.5, 0.6) is 0 Å². The Morgan fingerprint density at radius 2 is 1.57 bits per heavy atom.